The van der Waals surface area contributed by atoms with Gasteiger partial charge in [-0.1, -0.05) is 29.5 Å². The fourth-order valence-corrected chi connectivity index (χ4v) is 3.97. The number of amides is 1. The first-order chi connectivity index (χ1) is 12.7. The van der Waals surface area contributed by atoms with Gasteiger partial charge >= 0.3 is 6.09 Å². The van der Waals surface area contributed by atoms with Crippen molar-refractivity contribution in [3.05, 3.63) is 29.3 Å². The van der Waals surface area contributed by atoms with Gasteiger partial charge in [-0.2, -0.15) is 0 Å². The molecule has 0 bridgehead atoms. The standard InChI is InChI=1S/C20H27N3O3S/c1-13-6-7-16(14(2)10-13)17-21-22-18(25-17)27-12-15-8-9-23(11-15)19(24)26-20(3,4)5/h6-7,10,15H,8-9,11-12H2,1-5H3. The molecule has 0 radical (unpaired) electrons. The summed E-state index contributed by atoms with van der Waals surface area (Å²) in [5, 5.41) is 8.91. The van der Waals surface area contributed by atoms with Gasteiger partial charge in [-0.15, -0.1) is 10.2 Å². The number of hydrogen-bond donors (Lipinski definition) is 0. The molecule has 2 aromatic rings. The third kappa shape index (κ3) is 5.25. The minimum Gasteiger partial charge on any atom is -0.444 e. The van der Waals surface area contributed by atoms with Crippen molar-refractivity contribution in [3.63, 3.8) is 0 Å². The van der Waals surface area contributed by atoms with Gasteiger partial charge < -0.3 is 14.1 Å². The smallest absolute Gasteiger partial charge is 0.410 e. The fourth-order valence-electron chi connectivity index (χ4n) is 3.08. The van der Waals surface area contributed by atoms with Gasteiger partial charge in [0.1, 0.15) is 5.60 Å². The third-order valence-electron chi connectivity index (χ3n) is 4.40. The summed E-state index contributed by atoms with van der Waals surface area (Å²) < 4.78 is 11.3. The van der Waals surface area contributed by atoms with E-state index in [0.717, 1.165) is 29.8 Å². The summed E-state index contributed by atoms with van der Waals surface area (Å²) in [6, 6.07) is 6.17. The van der Waals surface area contributed by atoms with Crippen LogP contribution in [0.5, 0.6) is 0 Å². The lowest BCUT2D eigenvalue weighted by atomic mass is 10.1. The van der Waals surface area contributed by atoms with Crippen molar-refractivity contribution in [1.29, 1.82) is 0 Å². The maximum Gasteiger partial charge on any atom is 0.410 e. The molecule has 1 atom stereocenters. The Balaban J connectivity index is 1.53. The molecule has 146 valence electrons. The Morgan fingerprint density at radius 2 is 2.11 bits per heavy atom. The molecule has 0 spiro atoms. The van der Waals surface area contributed by atoms with E-state index in [-0.39, 0.29) is 6.09 Å². The molecular weight excluding hydrogens is 362 g/mol. The third-order valence-corrected chi connectivity index (χ3v) is 5.45. The van der Waals surface area contributed by atoms with Gasteiger partial charge in [-0.05, 0) is 58.6 Å². The molecule has 1 amide bonds. The molecule has 1 saturated heterocycles. The molecule has 1 unspecified atom stereocenters. The molecule has 3 rings (SSSR count). The molecule has 1 aromatic heterocycles. The maximum absolute atomic E-state index is 12.2. The predicted octanol–water partition coefficient (Wildman–Crippen LogP) is 4.70. The summed E-state index contributed by atoms with van der Waals surface area (Å²) in [6.07, 6.45) is 0.731. The number of ether oxygens (including phenoxy) is 1. The second-order valence-electron chi connectivity index (χ2n) is 8.08. The highest BCUT2D eigenvalue weighted by Crippen LogP contribution is 2.29. The second kappa shape index (κ2) is 7.92. The van der Waals surface area contributed by atoms with Crippen LogP contribution in [0.15, 0.2) is 27.8 Å². The minimum atomic E-state index is -0.460. The quantitative estimate of drug-likeness (QED) is 0.706. The van der Waals surface area contributed by atoms with E-state index in [1.807, 2.05) is 39.8 Å². The van der Waals surface area contributed by atoms with E-state index in [9.17, 15) is 4.79 Å². The van der Waals surface area contributed by atoms with Crippen LogP contribution in [0, 0.1) is 19.8 Å². The Morgan fingerprint density at radius 1 is 1.33 bits per heavy atom. The Morgan fingerprint density at radius 3 is 2.81 bits per heavy atom. The lowest BCUT2D eigenvalue weighted by Crippen LogP contribution is -2.35. The van der Waals surface area contributed by atoms with Crippen LogP contribution in [0.2, 0.25) is 0 Å². The van der Waals surface area contributed by atoms with Crippen LogP contribution in [0.3, 0.4) is 0 Å². The van der Waals surface area contributed by atoms with Gasteiger partial charge in [-0.3, -0.25) is 0 Å². The summed E-state index contributed by atoms with van der Waals surface area (Å²) in [6.45, 7) is 11.2. The number of hydrogen-bond acceptors (Lipinski definition) is 6. The highest BCUT2D eigenvalue weighted by Gasteiger charge is 2.30. The minimum absolute atomic E-state index is 0.232. The lowest BCUT2D eigenvalue weighted by molar-refractivity contribution is 0.0289. The molecule has 27 heavy (non-hydrogen) atoms. The van der Waals surface area contributed by atoms with E-state index in [2.05, 4.69) is 23.2 Å². The first kappa shape index (κ1) is 19.7. The topological polar surface area (TPSA) is 68.5 Å². The number of carbonyl (C=O) groups excluding carboxylic acids is 1. The van der Waals surface area contributed by atoms with E-state index in [0.29, 0.717) is 23.6 Å². The van der Waals surface area contributed by atoms with Crippen molar-refractivity contribution in [2.75, 3.05) is 18.8 Å². The number of benzene rings is 1. The van der Waals surface area contributed by atoms with Crippen LogP contribution in [-0.2, 0) is 4.74 Å². The second-order valence-corrected chi connectivity index (χ2v) is 9.05. The SMILES string of the molecule is Cc1ccc(-c2nnc(SCC3CCN(C(=O)OC(C)(C)C)C3)o2)c(C)c1. The van der Waals surface area contributed by atoms with E-state index in [4.69, 9.17) is 9.15 Å². The maximum atomic E-state index is 12.2. The van der Waals surface area contributed by atoms with Crippen molar-refractivity contribution in [2.24, 2.45) is 5.92 Å². The Kier molecular flexibility index (Phi) is 5.79. The summed E-state index contributed by atoms with van der Waals surface area (Å²) in [5.74, 6) is 1.80. The molecule has 2 heterocycles. The van der Waals surface area contributed by atoms with Crippen molar-refractivity contribution in [2.45, 2.75) is 51.9 Å². The average molecular weight is 390 g/mol. The molecule has 0 aliphatic carbocycles. The number of aryl methyl sites for hydroxylation is 2. The molecular formula is C20H27N3O3S. The fraction of sp³-hybridized carbons (Fsp3) is 0.550. The number of likely N-dealkylation sites (tertiary alicyclic amines) is 1. The van der Waals surface area contributed by atoms with Gasteiger partial charge in [0.2, 0.25) is 5.89 Å². The van der Waals surface area contributed by atoms with E-state index in [1.165, 1.54) is 5.56 Å². The number of carbonyl (C=O) groups is 1. The van der Waals surface area contributed by atoms with Gasteiger partial charge in [0.15, 0.2) is 0 Å². The van der Waals surface area contributed by atoms with E-state index < -0.39 is 5.60 Å². The van der Waals surface area contributed by atoms with Crippen LogP contribution in [-0.4, -0.2) is 45.6 Å². The molecule has 1 aliphatic heterocycles. The molecule has 0 saturated carbocycles. The highest BCUT2D eigenvalue weighted by atomic mass is 32.2. The van der Waals surface area contributed by atoms with Crippen LogP contribution >= 0.6 is 11.8 Å². The Hall–Kier alpha value is -2.02. The summed E-state index contributed by atoms with van der Waals surface area (Å²) in [5.41, 5.74) is 2.84. The van der Waals surface area contributed by atoms with Gasteiger partial charge in [0.25, 0.3) is 5.22 Å². The predicted molar refractivity (Wildman–Crippen MR) is 106 cm³/mol. The van der Waals surface area contributed by atoms with Crippen LogP contribution in [0.1, 0.15) is 38.3 Å². The van der Waals surface area contributed by atoms with E-state index >= 15 is 0 Å². The Bertz CT molecular complexity index is 813. The summed E-state index contributed by atoms with van der Waals surface area (Å²) in [7, 11) is 0. The monoisotopic (exact) mass is 389 g/mol. The number of nitrogens with zero attached hydrogens (tertiary/aromatic N) is 3. The number of rotatable bonds is 4. The van der Waals surface area contributed by atoms with Gasteiger partial charge in [-0.25, -0.2) is 4.79 Å². The summed E-state index contributed by atoms with van der Waals surface area (Å²) >= 11 is 1.55. The molecule has 0 N–H and O–H groups in total. The first-order valence-electron chi connectivity index (χ1n) is 9.23. The van der Waals surface area contributed by atoms with Crippen LogP contribution in [0.25, 0.3) is 11.5 Å². The number of thioether (sulfide) groups is 1. The highest BCUT2D eigenvalue weighted by molar-refractivity contribution is 7.99. The zero-order chi connectivity index (χ0) is 19.6. The Labute approximate surface area is 164 Å². The van der Waals surface area contributed by atoms with E-state index in [1.54, 1.807) is 16.7 Å². The first-order valence-corrected chi connectivity index (χ1v) is 10.2. The van der Waals surface area contributed by atoms with Gasteiger partial charge in [0.05, 0.1) is 0 Å². The lowest BCUT2D eigenvalue weighted by Gasteiger charge is -2.24. The molecule has 6 nitrogen and oxygen atoms in total. The zero-order valence-electron chi connectivity index (χ0n) is 16.6. The molecule has 1 fully saturated rings. The zero-order valence-corrected chi connectivity index (χ0v) is 17.4. The van der Waals surface area contributed by atoms with Gasteiger partial charge in [0, 0.05) is 24.4 Å². The molecule has 7 heteroatoms. The van der Waals surface area contributed by atoms with Crippen molar-refractivity contribution >= 4 is 17.9 Å². The largest absolute Gasteiger partial charge is 0.444 e. The van der Waals surface area contributed by atoms with Crippen molar-refractivity contribution in [1.82, 2.24) is 15.1 Å². The van der Waals surface area contributed by atoms with Crippen LogP contribution in [0.4, 0.5) is 4.79 Å². The molecule has 1 aliphatic rings. The average Bonchev–Trinajstić information content (AvgIpc) is 3.20. The normalized spacial score (nSPS) is 17.4. The molecule has 1 aromatic carbocycles. The number of aromatic nitrogens is 2. The summed E-state index contributed by atoms with van der Waals surface area (Å²) in [4.78, 5) is 13.9. The van der Waals surface area contributed by atoms with Crippen molar-refractivity contribution < 1.29 is 13.9 Å². The van der Waals surface area contributed by atoms with Crippen molar-refractivity contribution in [3.8, 4) is 11.5 Å². The van der Waals surface area contributed by atoms with Crippen LogP contribution < -0.4 is 0 Å².